The first kappa shape index (κ1) is 21.3. The Labute approximate surface area is 173 Å². The largest absolute Gasteiger partial charge is 0.387 e. The van der Waals surface area contributed by atoms with E-state index in [1.807, 2.05) is 42.5 Å². The molecule has 5 heteroatoms. The molecule has 3 rings (SSSR count). The van der Waals surface area contributed by atoms with Crippen molar-refractivity contribution in [2.24, 2.45) is 0 Å². The second kappa shape index (κ2) is 10.9. The Kier molecular flexibility index (Phi) is 8.31. The van der Waals surface area contributed by atoms with Crippen molar-refractivity contribution in [3.05, 3.63) is 70.7 Å². The molecule has 0 amide bonds. The standard InChI is InChI=1S/C23H30ClNO3/c1-18(17-28-23-9-5-6-14-27-23)25(15-19-7-3-2-4-8-19)16-22(26)20-10-12-21(24)13-11-20/h2-4,7-8,10-13,18,22-23,26H,5-6,9,14-17H2,1H3/t18-,22-,23?/m0/s1. The van der Waals surface area contributed by atoms with Gasteiger partial charge in [-0.2, -0.15) is 0 Å². The molecule has 0 spiro atoms. The summed E-state index contributed by atoms with van der Waals surface area (Å²) in [5.41, 5.74) is 2.08. The van der Waals surface area contributed by atoms with Gasteiger partial charge in [0.25, 0.3) is 0 Å². The molecule has 0 bridgehead atoms. The van der Waals surface area contributed by atoms with E-state index in [9.17, 15) is 5.11 Å². The number of aliphatic hydroxyl groups excluding tert-OH is 1. The van der Waals surface area contributed by atoms with E-state index in [1.165, 1.54) is 5.56 Å². The summed E-state index contributed by atoms with van der Waals surface area (Å²) in [5, 5.41) is 11.4. The SMILES string of the molecule is C[C@@H](COC1CCCCO1)N(Cc1ccccc1)C[C@H](O)c1ccc(Cl)cc1. The predicted molar refractivity (Wildman–Crippen MR) is 112 cm³/mol. The summed E-state index contributed by atoms with van der Waals surface area (Å²) in [5.74, 6) is 0. The number of rotatable bonds is 9. The summed E-state index contributed by atoms with van der Waals surface area (Å²) < 4.78 is 11.7. The van der Waals surface area contributed by atoms with Crippen molar-refractivity contribution < 1.29 is 14.6 Å². The van der Waals surface area contributed by atoms with E-state index < -0.39 is 6.10 Å². The van der Waals surface area contributed by atoms with E-state index in [1.54, 1.807) is 0 Å². The van der Waals surface area contributed by atoms with E-state index >= 15 is 0 Å². The lowest BCUT2D eigenvalue weighted by Crippen LogP contribution is -2.40. The zero-order chi connectivity index (χ0) is 19.8. The van der Waals surface area contributed by atoms with Crippen LogP contribution in [-0.2, 0) is 16.0 Å². The Morgan fingerprint density at radius 2 is 1.89 bits per heavy atom. The van der Waals surface area contributed by atoms with Crippen molar-refractivity contribution in [2.45, 2.75) is 51.2 Å². The Morgan fingerprint density at radius 3 is 2.57 bits per heavy atom. The molecule has 1 fully saturated rings. The maximum atomic E-state index is 10.8. The first-order valence-electron chi connectivity index (χ1n) is 10.1. The number of aliphatic hydroxyl groups is 1. The molecule has 1 saturated heterocycles. The van der Waals surface area contributed by atoms with Gasteiger partial charge in [-0.3, -0.25) is 4.90 Å². The van der Waals surface area contributed by atoms with Gasteiger partial charge in [-0.15, -0.1) is 0 Å². The summed E-state index contributed by atoms with van der Waals surface area (Å²) in [6.07, 6.45) is 2.54. The fourth-order valence-corrected chi connectivity index (χ4v) is 3.55. The van der Waals surface area contributed by atoms with Crippen LogP contribution in [0.25, 0.3) is 0 Å². The van der Waals surface area contributed by atoms with Crippen molar-refractivity contribution in [3.8, 4) is 0 Å². The quantitative estimate of drug-likeness (QED) is 0.652. The van der Waals surface area contributed by atoms with Crippen molar-refractivity contribution in [1.29, 1.82) is 0 Å². The molecule has 0 aromatic heterocycles. The van der Waals surface area contributed by atoms with Crippen LogP contribution in [0.1, 0.15) is 43.4 Å². The second-order valence-corrected chi connectivity index (χ2v) is 7.90. The summed E-state index contributed by atoms with van der Waals surface area (Å²) in [4.78, 5) is 2.26. The normalized spacial score (nSPS) is 19.5. The van der Waals surface area contributed by atoms with Crippen LogP contribution in [0.3, 0.4) is 0 Å². The number of hydrogen-bond acceptors (Lipinski definition) is 4. The molecule has 152 valence electrons. The van der Waals surface area contributed by atoms with Gasteiger partial charge in [-0.25, -0.2) is 0 Å². The van der Waals surface area contributed by atoms with Crippen LogP contribution in [0.5, 0.6) is 0 Å². The van der Waals surface area contributed by atoms with E-state index in [0.717, 1.165) is 38.0 Å². The summed E-state index contributed by atoms with van der Waals surface area (Å²) >= 11 is 5.97. The lowest BCUT2D eigenvalue weighted by molar-refractivity contribution is -0.170. The number of nitrogens with zero attached hydrogens (tertiary/aromatic N) is 1. The van der Waals surface area contributed by atoms with Crippen molar-refractivity contribution >= 4 is 11.6 Å². The van der Waals surface area contributed by atoms with Crippen LogP contribution >= 0.6 is 11.6 Å². The minimum atomic E-state index is -0.589. The van der Waals surface area contributed by atoms with Gasteiger partial charge in [0.2, 0.25) is 0 Å². The molecule has 1 unspecified atom stereocenters. The average Bonchev–Trinajstić information content (AvgIpc) is 2.73. The minimum Gasteiger partial charge on any atom is -0.387 e. The molecule has 0 aliphatic carbocycles. The van der Waals surface area contributed by atoms with Crippen LogP contribution < -0.4 is 0 Å². The highest BCUT2D eigenvalue weighted by Crippen LogP contribution is 2.21. The minimum absolute atomic E-state index is 0.101. The second-order valence-electron chi connectivity index (χ2n) is 7.46. The fourth-order valence-electron chi connectivity index (χ4n) is 3.43. The predicted octanol–water partition coefficient (Wildman–Crippen LogP) is 4.81. The van der Waals surface area contributed by atoms with Gasteiger partial charge in [-0.05, 0) is 49.4 Å². The Balaban J connectivity index is 1.63. The van der Waals surface area contributed by atoms with Gasteiger partial charge in [0.05, 0.1) is 12.7 Å². The van der Waals surface area contributed by atoms with Crippen molar-refractivity contribution in [2.75, 3.05) is 19.8 Å². The Morgan fingerprint density at radius 1 is 1.14 bits per heavy atom. The average molecular weight is 404 g/mol. The molecule has 28 heavy (non-hydrogen) atoms. The van der Waals surface area contributed by atoms with E-state index in [-0.39, 0.29) is 12.3 Å². The molecule has 0 radical (unpaired) electrons. The number of halogens is 1. The van der Waals surface area contributed by atoms with Gasteiger partial charge in [0.15, 0.2) is 6.29 Å². The van der Waals surface area contributed by atoms with Crippen LogP contribution in [0.4, 0.5) is 0 Å². The fraction of sp³-hybridized carbons (Fsp3) is 0.478. The first-order chi connectivity index (χ1) is 13.6. The summed E-state index contributed by atoms with van der Waals surface area (Å²) in [7, 11) is 0. The van der Waals surface area contributed by atoms with Gasteiger partial charge >= 0.3 is 0 Å². The van der Waals surface area contributed by atoms with Crippen LogP contribution in [-0.4, -0.2) is 42.1 Å². The Hall–Kier alpha value is -1.43. The lowest BCUT2D eigenvalue weighted by atomic mass is 10.1. The topological polar surface area (TPSA) is 41.9 Å². The molecule has 0 saturated carbocycles. The number of hydrogen-bond donors (Lipinski definition) is 1. The zero-order valence-electron chi connectivity index (χ0n) is 16.5. The monoisotopic (exact) mass is 403 g/mol. The van der Waals surface area contributed by atoms with Crippen LogP contribution in [0.15, 0.2) is 54.6 Å². The third kappa shape index (κ3) is 6.57. The van der Waals surface area contributed by atoms with E-state index in [2.05, 4.69) is 24.0 Å². The van der Waals surface area contributed by atoms with Crippen molar-refractivity contribution in [1.82, 2.24) is 4.90 Å². The van der Waals surface area contributed by atoms with Crippen LogP contribution in [0.2, 0.25) is 5.02 Å². The van der Waals surface area contributed by atoms with Gasteiger partial charge in [0, 0.05) is 30.8 Å². The van der Waals surface area contributed by atoms with E-state index in [0.29, 0.717) is 18.2 Å². The van der Waals surface area contributed by atoms with Gasteiger partial charge in [0.1, 0.15) is 0 Å². The van der Waals surface area contributed by atoms with Crippen molar-refractivity contribution in [3.63, 3.8) is 0 Å². The molecule has 3 atom stereocenters. The molecule has 1 heterocycles. The van der Waals surface area contributed by atoms with Gasteiger partial charge < -0.3 is 14.6 Å². The summed E-state index contributed by atoms with van der Waals surface area (Å²) in [6.45, 7) is 4.77. The molecule has 4 nitrogen and oxygen atoms in total. The smallest absolute Gasteiger partial charge is 0.157 e. The highest BCUT2D eigenvalue weighted by Gasteiger charge is 2.22. The molecule has 2 aromatic rings. The molecule has 2 aromatic carbocycles. The van der Waals surface area contributed by atoms with E-state index in [4.69, 9.17) is 21.1 Å². The summed E-state index contributed by atoms with van der Waals surface area (Å²) in [6, 6.07) is 17.9. The molecule has 1 aliphatic heterocycles. The number of benzene rings is 2. The third-order valence-electron chi connectivity index (χ3n) is 5.18. The Bertz CT molecular complexity index is 689. The molecular weight excluding hydrogens is 374 g/mol. The highest BCUT2D eigenvalue weighted by molar-refractivity contribution is 6.30. The molecule has 1 N–H and O–H groups in total. The first-order valence-corrected chi connectivity index (χ1v) is 10.4. The molecular formula is C23H30ClNO3. The maximum Gasteiger partial charge on any atom is 0.157 e. The zero-order valence-corrected chi connectivity index (χ0v) is 17.2. The highest BCUT2D eigenvalue weighted by atomic mass is 35.5. The molecule has 1 aliphatic rings. The maximum absolute atomic E-state index is 10.8. The number of ether oxygens (including phenoxy) is 2. The lowest BCUT2D eigenvalue weighted by Gasteiger charge is -2.32. The third-order valence-corrected chi connectivity index (χ3v) is 5.43. The van der Waals surface area contributed by atoms with Crippen LogP contribution in [0, 0.1) is 0 Å². The van der Waals surface area contributed by atoms with Gasteiger partial charge in [-0.1, -0.05) is 54.1 Å².